The number of hydrogen-bond acceptors (Lipinski definition) is 3. The van der Waals surface area contributed by atoms with Gasteiger partial charge in [-0.1, -0.05) is 12.2 Å². The molecule has 1 saturated carbocycles. The van der Waals surface area contributed by atoms with Crippen LogP contribution in [0.1, 0.15) is 13.3 Å². The number of allylic oxidation sites excluding steroid dienone is 1. The molecule has 0 aromatic carbocycles. The van der Waals surface area contributed by atoms with E-state index in [2.05, 4.69) is 12.2 Å². The Balaban J connectivity index is 2.08. The van der Waals surface area contributed by atoms with Crippen LogP contribution >= 0.6 is 0 Å². The van der Waals surface area contributed by atoms with Gasteiger partial charge in [-0.15, -0.1) is 0 Å². The number of hydrogen-bond donors (Lipinski definition) is 1. The summed E-state index contributed by atoms with van der Waals surface area (Å²) >= 11 is 0. The van der Waals surface area contributed by atoms with Crippen molar-refractivity contribution < 1.29 is 9.53 Å². The fraction of sp³-hybridized carbons (Fsp3) is 0.700. The first-order chi connectivity index (χ1) is 6.24. The van der Waals surface area contributed by atoms with E-state index >= 15 is 0 Å². The highest BCUT2D eigenvalue weighted by Crippen LogP contribution is 2.43. The number of nitrogens with two attached hydrogens (primary N) is 1. The highest BCUT2D eigenvalue weighted by atomic mass is 16.5. The van der Waals surface area contributed by atoms with Crippen LogP contribution in [0, 0.1) is 17.8 Å². The van der Waals surface area contributed by atoms with Gasteiger partial charge in [0, 0.05) is 6.04 Å². The van der Waals surface area contributed by atoms with Gasteiger partial charge in [0.1, 0.15) is 0 Å². The van der Waals surface area contributed by atoms with Gasteiger partial charge in [-0.25, -0.2) is 0 Å². The summed E-state index contributed by atoms with van der Waals surface area (Å²) in [6.45, 7) is 2.27. The SMILES string of the molecule is CCOC(=O)[C@H]1[C@@H](N)[C@H]2C=C[C@H]1C2. The molecule has 0 radical (unpaired) electrons. The molecule has 0 aromatic heterocycles. The highest BCUT2D eigenvalue weighted by molar-refractivity contribution is 5.75. The standard InChI is InChI=1S/C10H15NO2/c1-2-13-10(12)8-6-3-4-7(5-6)9(8)11/h3-4,6-9H,2,5,11H2,1H3/t6-,7-,8+,9-/m0/s1. The van der Waals surface area contributed by atoms with Crippen LogP contribution in [0.25, 0.3) is 0 Å². The first kappa shape index (κ1) is 8.75. The molecule has 0 aromatic rings. The third-order valence-electron chi connectivity index (χ3n) is 3.08. The lowest BCUT2D eigenvalue weighted by atomic mass is 9.90. The van der Waals surface area contributed by atoms with Crippen molar-refractivity contribution in [1.82, 2.24) is 0 Å². The lowest BCUT2D eigenvalue weighted by Crippen LogP contribution is -2.39. The summed E-state index contributed by atoms with van der Waals surface area (Å²) in [6, 6.07) is -0.0194. The number of carbonyl (C=O) groups excluding carboxylic acids is 1. The molecule has 2 bridgehead atoms. The normalized spacial score (nSPS) is 41.1. The van der Waals surface area contributed by atoms with Gasteiger partial charge in [0.2, 0.25) is 0 Å². The summed E-state index contributed by atoms with van der Waals surface area (Å²) in [6.07, 6.45) is 5.27. The topological polar surface area (TPSA) is 52.3 Å². The second-order valence-corrected chi connectivity index (χ2v) is 3.80. The van der Waals surface area contributed by atoms with Crippen LogP contribution < -0.4 is 5.73 Å². The van der Waals surface area contributed by atoms with Crippen molar-refractivity contribution in [3.63, 3.8) is 0 Å². The van der Waals surface area contributed by atoms with Crippen molar-refractivity contribution in [3.8, 4) is 0 Å². The molecule has 3 nitrogen and oxygen atoms in total. The molecular weight excluding hydrogens is 166 g/mol. The first-order valence-electron chi connectivity index (χ1n) is 4.84. The number of esters is 1. The van der Waals surface area contributed by atoms with Crippen LogP contribution in [-0.2, 0) is 9.53 Å². The predicted octanol–water partition coefficient (Wildman–Crippen LogP) is 0.699. The van der Waals surface area contributed by atoms with Crippen molar-refractivity contribution in [2.24, 2.45) is 23.5 Å². The van der Waals surface area contributed by atoms with Gasteiger partial charge >= 0.3 is 5.97 Å². The summed E-state index contributed by atoms with van der Waals surface area (Å²) in [4.78, 5) is 11.5. The molecular formula is C10H15NO2. The number of ether oxygens (including phenoxy) is 1. The fourth-order valence-electron chi connectivity index (χ4n) is 2.43. The molecule has 1 fully saturated rings. The minimum absolute atomic E-state index is 0.0194. The smallest absolute Gasteiger partial charge is 0.311 e. The van der Waals surface area contributed by atoms with Crippen molar-refractivity contribution in [2.45, 2.75) is 19.4 Å². The zero-order chi connectivity index (χ0) is 9.42. The third kappa shape index (κ3) is 1.27. The van der Waals surface area contributed by atoms with Gasteiger partial charge in [0.15, 0.2) is 0 Å². The Kier molecular flexibility index (Phi) is 2.12. The van der Waals surface area contributed by atoms with Crippen LogP contribution in [0.3, 0.4) is 0 Å². The monoisotopic (exact) mass is 181 g/mol. The van der Waals surface area contributed by atoms with E-state index in [9.17, 15) is 4.79 Å². The van der Waals surface area contributed by atoms with Crippen LogP contribution in [-0.4, -0.2) is 18.6 Å². The van der Waals surface area contributed by atoms with Gasteiger partial charge in [-0.2, -0.15) is 0 Å². The second kappa shape index (κ2) is 3.14. The summed E-state index contributed by atoms with van der Waals surface area (Å²) in [7, 11) is 0. The van der Waals surface area contributed by atoms with E-state index in [-0.39, 0.29) is 17.9 Å². The minimum Gasteiger partial charge on any atom is -0.466 e. The van der Waals surface area contributed by atoms with E-state index in [1.807, 2.05) is 6.92 Å². The van der Waals surface area contributed by atoms with Gasteiger partial charge in [-0.05, 0) is 25.2 Å². The molecule has 0 amide bonds. The van der Waals surface area contributed by atoms with Gasteiger partial charge in [0.25, 0.3) is 0 Å². The average molecular weight is 181 g/mol. The fourth-order valence-corrected chi connectivity index (χ4v) is 2.43. The molecule has 2 aliphatic carbocycles. The van der Waals surface area contributed by atoms with E-state index < -0.39 is 0 Å². The number of fused-ring (bicyclic) bond motifs is 2. The molecule has 13 heavy (non-hydrogen) atoms. The second-order valence-electron chi connectivity index (χ2n) is 3.80. The molecule has 4 atom stereocenters. The molecule has 0 heterocycles. The lowest BCUT2D eigenvalue weighted by Gasteiger charge is -2.22. The van der Waals surface area contributed by atoms with E-state index in [1.165, 1.54) is 0 Å². The molecule has 2 rings (SSSR count). The first-order valence-corrected chi connectivity index (χ1v) is 4.84. The Morgan fingerprint density at radius 1 is 1.54 bits per heavy atom. The van der Waals surface area contributed by atoms with Gasteiger partial charge in [0.05, 0.1) is 12.5 Å². The molecule has 0 saturated heterocycles. The maximum Gasteiger partial charge on any atom is 0.311 e. The molecule has 2 N–H and O–H groups in total. The summed E-state index contributed by atoms with van der Waals surface area (Å²) in [5.74, 6) is 0.528. The molecule has 72 valence electrons. The van der Waals surface area contributed by atoms with Gasteiger partial charge in [-0.3, -0.25) is 4.79 Å². The van der Waals surface area contributed by atoms with Crippen molar-refractivity contribution in [1.29, 1.82) is 0 Å². The highest BCUT2D eigenvalue weighted by Gasteiger charge is 2.46. The number of rotatable bonds is 2. The minimum atomic E-state index is -0.119. The third-order valence-corrected chi connectivity index (χ3v) is 3.08. The Labute approximate surface area is 77.9 Å². The van der Waals surface area contributed by atoms with Crippen LogP contribution in [0.2, 0.25) is 0 Å². The summed E-state index contributed by atoms with van der Waals surface area (Å²) in [5.41, 5.74) is 5.94. The molecule has 0 unspecified atom stereocenters. The van der Waals surface area contributed by atoms with Crippen LogP contribution in [0.15, 0.2) is 12.2 Å². The zero-order valence-electron chi connectivity index (χ0n) is 7.77. The maximum absolute atomic E-state index is 11.5. The van der Waals surface area contributed by atoms with E-state index in [4.69, 9.17) is 10.5 Å². The van der Waals surface area contributed by atoms with Gasteiger partial charge < -0.3 is 10.5 Å². The average Bonchev–Trinajstić information content (AvgIpc) is 2.63. The van der Waals surface area contributed by atoms with E-state index in [0.29, 0.717) is 18.4 Å². The Morgan fingerprint density at radius 3 is 2.77 bits per heavy atom. The van der Waals surface area contributed by atoms with Crippen molar-refractivity contribution in [2.75, 3.05) is 6.61 Å². The summed E-state index contributed by atoms with van der Waals surface area (Å²) in [5, 5.41) is 0. The van der Waals surface area contributed by atoms with Crippen LogP contribution in [0.4, 0.5) is 0 Å². The zero-order valence-corrected chi connectivity index (χ0v) is 7.77. The predicted molar refractivity (Wildman–Crippen MR) is 48.8 cm³/mol. The van der Waals surface area contributed by atoms with E-state index in [0.717, 1.165) is 6.42 Å². The summed E-state index contributed by atoms with van der Waals surface area (Å²) < 4.78 is 5.00. The van der Waals surface area contributed by atoms with E-state index in [1.54, 1.807) is 0 Å². The quantitative estimate of drug-likeness (QED) is 0.504. The Hall–Kier alpha value is -0.830. The lowest BCUT2D eigenvalue weighted by molar-refractivity contribution is -0.149. The molecule has 0 aliphatic heterocycles. The maximum atomic E-state index is 11.5. The molecule has 0 spiro atoms. The molecule has 2 aliphatic rings. The number of carbonyl (C=O) groups is 1. The van der Waals surface area contributed by atoms with Crippen LogP contribution in [0.5, 0.6) is 0 Å². The van der Waals surface area contributed by atoms with Crippen molar-refractivity contribution in [3.05, 3.63) is 12.2 Å². The van der Waals surface area contributed by atoms with Crippen molar-refractivity contribution >= 4 is 5.97 Å². The largest absolute Gasteiger partial charge is 0.466 e. The Bertz CT molecular complexity index is 249. The molecule has 3 heteroatoms. The Morgan fingerprint density at radius 2 is 2.23 bits per heavy atom.